The van der Waals surface area contributed by atoms with Gasteiger partial charge in [0, 0.05) is 61.2 Å². The van der Waals surface area contributed by atoms with Gasteiger partial charge in [-0.25, -0.2) is 0 Å². The van der Waals surface area contributed by atoms with E-state index in [1.54, 1.807) is 0 Å². The Morgan fingerprint density at radius 2 is 1.84 bits per heavy atom. The van der Waals surface area contributed by atoms with Crippen LogP contribution in [-0.2, 0) is 11.8 Å². The van der Waals surface area contributed by atoms with Crippen LogP contribution in [0.15, 0.2) is 64.7 Å². The van der Waals surface area contributed by atoms with Crippen LogP contribution in [0.2, 0.25) is 0 Å². The van der Waals surface area contributed by atoms with Crippen molar-refractivity contribution in [2.24, 2.45) is 0 Å². The first-order valence-corrected chi connectivity index (χ1v) is 13.9. The van der Waals surface area contributed by atoms with Crippen LogP contribution in [0.25, 0.3) is 16.9 Å². The molecule has 2 aliphatic carbocycles. The third-order valence-electron chi connectivity index (χ3n) is 8.29. The first kappa shape index (κ1) is 24.1. The monoisotopic (exact) mass is 494 g/mol. The highest BCUT2D eigenvalue weighted by Crippen LogP contribution is 2.48. The van der Waals surface area contributed by atoms with Gasteiger partial charge < -0.3 is 19.5 Å². The third-order valence-corrected chi connectivity index (χ3v) is 8.29. The lowest BCUT2D eigenvalue weighted by Gasteiger charge is -2.30. The second-order valence-corrected chi connectivity index (χ2v) is 11.1. The van der Waals surface area contributed by atoms with Crippen LogP contribution in [0, 0.1) is 5.41 Å². The number of hydrogen-bond donors (Lipinski definition) is 2. The van der Waals surface area contributed by atoms with Crippen LogP contribution in [-0.4, -0.2) is 32.7 Å². The molecule has 0 aromatic heterocycles. The van der Waals surface area contributed by atoms with Gasteiger partial charge in [0.1, 0.15) is 11.5 Å². The van der Waals surface area contributed by atoms with Gasteiger partial charge in [-0.2, -0.15) is 0 Å². The van der Waals surface area contributed by atoms with Crippen LogP contribution < -0.4 is 20.5 Å². The molecule has 2 N–H and O–H groups in total. The van der Waals surface area contributed by atoms with Gasteiger partial charge in [-0.1, -0.05) is 45.0 Å². The van der Waals surface area contributed by atoms with Gasteiger partial charge in [-0.15, -0.1) is 0 Å². The molecule has 3 aliphatic heterocycles. The summed E-state index contributed by atoms with van der Waals surface area (Å²) in [6.45, 7) is 11.8. The predicted octanol–water partition coefficient (Wildman–Crippen LogP) is 6.08. The van der Waals surface area contributed by atoms with E-state index in [4.69, 9.17) is 9.83 Å². The van der Waals surface area contributed by atoms with Crippen molar-refractivity contribution in [3.05, 3.63) is 82.6 Å². The average Bonchev–Trinajstić information content (AvgIpc) is 3.12. The maximum absolute atomic E-state index is 8.69. The minimum Gasteiger partial charge on any atom is -0.456 e. The highest BCUT2D eigenvalue weighted by atomic mass is 16.3. The lowest BCUT2D eigenvalue weighted by atomic mass is 9.83. The molecule has 0 atom stereocenters. The van der Waals surface area contributed by atoms with Crippen LogP contribution >= 0.6 is 0 Å². The molecule has 3 heterocycles. The Bertz CT molecular complexity index is 1410. The van der Waals surface area contributed by atoms with Crippen molar-refractivity contribution in [2.75, 3.05) is 42.5 Å². The third kappa shape index (κ3) is 4.19. The van der Waals surface area contributed by atoms with Gasteiger partial charge in [0.25, 0.3) is 0 Å². The zero-order chi connectivity index (χ0) is 25.6. The van der Waals surface area contributed by atoms with Gasteiger partial charge in [-0.05, 0) is 66.7 Å². The fourth-order valence-electron chi connectivity index (χ4n) is 6.37. The molecule has 0 saturated carbocycles. The van der Waals surface area contributed by atoms with Crippen molar-refractivity contribution in [2.45, 2.75) is 51.9 Å². The molecule has 1 aromatic carbocycles. The molecule has 5 aliphatic rings. The molecule has 192 valence electrons. The summed E-state index contributed by atoms with van der Waals surface area (Å²) in [5.41, 5.74) is 8.71. The van der Waals surface area contributed by atoms with E-state index in [0.717, 1.165) is 81.2 Å². The zero-order valence-electron chi connectivity index (χ0n) is 22.4. The Morgan fingerprint density at radius 1 is 1.03 bits per heavy atom. The number of hydrogen-bond acceptors (Lipinski definition) is 5. The number of rotatable bonds is 4. The largest absolute Gasteiger partial charge is 0.456 e. The number of nitrogens with zero attached hydrogens (tertiary/aromatic N) is 2. The molecule has 0 spiro atoms. The van der Waals surface area contributed by atoms with Crippen LogP contribution in [0.3, 0.4) is 0 Å². The van der Waals surface area contributed by atoms with E-state index in [1.807, 2.05) is 6.07 Å². The molecule has 0 radical (unpaired) electrons. The number of benzene rings is 2. The van der Waals surface area contributed by atoms with Gasteiger partial charge in [0.15, 0.2) is 0 Å². The van der Waals surface area contributed by atoms with Gasteiger partial charge in [0.2, 0.25) is 0 Å². The second-order valence-electron chi connectivity index (χ2n) is 11.1. The van der Waals surface area contributed by atoms with Crippen LogP contribution in [0.1, 0.15) is 56.9 Å². The molecular weight excluding hydrogens is 456 g/mol. The first-order chi connectivity index (χ1) is 18.0. The number of allylic oxidation sites excluding steroid dienone is 4. The smallest absolute Gasteiger partial charge is 0.136 e. The number of nitrogens with one attached hydrogen (secondary N) is 2. The number of piperazine rings is 1. The Labute approximate surface area is 220 Å². The zero-order valence-corrected chi connectivity index (χ0v) is 22.4. The van der Waals surface area contributed by atoms with Crippen molar-refractivity contribution in [1.29, 1.82) is 5.41 Å². The molecule has 1 saturated heterocycles. The number of fused-ring (bicyclic) bond motifs is 3. The number of aryl methyl sites for hydroxylation is 1. The second kappa shape index (κ2) is 9.53. The van der Waals surface area contributed by atoms with E-state index in [9.17, 15) is 0 Å². The van der Waals surface area contributed by atoms with E-state index in [2.05, 4.69) is 84.4 Å². The number of anilines is 2. The predicted molar refractivity (Wildman–Crippen MR) is 152 cm³/mol. The lowest BCUT2D eigenvalue weighted by molar-refractivity contribution is 0.526. The Kier molecular flexibility index (Phi) is 6.20. The molecule has 5 heteroatoms. The fraction of sp³-hybridized carbons (Fsp3) is 0.406. The van der Waals surface area contributed by atoms with Crippen molar-refractivity contribution in [3.8, 4) is 11.3 Å². The highest BCUT2D eigenvalue weighted by Gasteiger charge is 2.39. The van der Waals surface area contributed by atoms with Crippen molar-refractivity contribution in [3.63, 3.8) is 0 Å². The van der Waals surface area contributed by atoms with E-state index < -0.39 is 0 Å². The maximum atomic E-state index is 8.69. The Hall–Kier alpha value is -3.31. The van der Waals surface area contributed by atoms with Gasteiger partial charge in [-0.3, -0.25) is 5.41 Å². The molecule has 0 bridgehead atoms. The van der Waals surface area contributed by atoms with Gasteiger partial charge >= 0.3 is 0 Å². The molecule has 5 nitrogen and oxygen atoms in total. The van der Waals surface area contributed by atoms with E-state index in [1.165, 1.54) is 28.1 Å². The summed E-state index contributed by atoms with van der Waals surface area (Å²) in [7, 11) is 0. The minimum absolute atomic E-state index is 0.0403. The fourth-order valence-corrected chi connectivity index (χ4v) is 6.37. The minimum atomic E-state index is -0.0403. The van der Waals surface area contributed by atoms with Crippen molar-refractivity contribution < 1.29 is 4.42 Å². The SMILES string of the molecule is CCCN1C(=CC=C2CCCc3cc4cc(N5CCNCC5)c(=N)cc-4oc32)C(C)(C)c2ccccc21. The molecule has 0 unspecified atom stereocenters. The van der Waals surface area contributed by atoms with Crippen molar-refractivity contribution in [1.82, 2.24) is 5.32 Å². The highest BCUT2D eigenvalue weighted by molar-refractivity contribution is 5.75. The standard InChI is InChI=1S/C32H38N4O/c1-4-16-36-27-11-6-5-10-25(27)32(2,3)30(36)13-12-22-8-7-9-23-19-24-20-28(35-17-14-34-15-18-35)26(33)21-29(24)37-31(22)23/h5-6,10-13,19-21,33-34H,4,7-9,14-18H2,1-3H3. The topological polar surface area (TPSA) is 55.5 Å². The van der Waals surface area contributed by atoms with E-state index in [0.29, 0.717) is 5.36 Å². The molecular formula is C32H38N4O. The van der Waals surface area contributed by atoms with Crippen LogP contribution in [0.5, 0.6) is 0 Å². The molecule has 37 heavy (non-hydrogen) atoms. The number of para-hydroxylation sites is 1. The first-order valence-electron chi connectivity index (χ1n) is 13.9. The van der Waals surface area contributed by atoms with Crippen LogP contribution in [0.4, 0.5) is 11.4 Å². The Balaban J connectivity index is 1.39. The van der Waals surface area contributed by atoms with E-state index in [-0.39, 0.29) is 5.41 Å². The Morgan fingerprint density at radius 3 is 2.65 bits per heavy atom. The summed E-state index contributed by atoms with van der Waals surface area (Å²) in [4.78, 5) is 4.82. The lowest BCUT2D eigenvalue weighted by Crippen LogP contribution is -2.45. The summed E-state index contributed by atoms with van der Waals surface area (Å²) in [5, 5.41) is 12.6. The summed E-state index contributed by atoms with van der Waals surface area (Å²) >= 11 is 0. The summed E-state index contributed by atoms with van der Waals surface area (Å²) < 4.78 is 6.56. The van der Waals surface area contributed by atoms with E-state index >= 15 is 0 Å². The quantitative estimate of drug-likeness (QED) is 0.461. The van der Waals surface area contributed by atoms with Crippen molar-refractivity contribution >= 4 is 16.9 Å². The molecule has 1 fully saturated rings. The molecule has 0 amide bonds. The normalized spacial score (nSPS) is 21.1. The summed E-state index contributed by atoms with van der Waals surface area (Å²) in [6, 6.07) is 15.2. The molecule has 6 rings (SSSR count). The summed E-state index contributed by atoms with van der Waals surface area (Å²) in [5.74, 6) is 1.81. The maximum Gasteiger partial charge on any atom is 0.136 e. The van der Waals surface area contributed by atoms with Gasteiger partial charge in [0.05, 0.1) is 11.0 Å². The molecule has 1 aromatic rings. The summed E-state index contributed by atoms with van der Waals surface area (Å²) in [6.07, 6.45) is 8.92. The average molecular weight is 495 g/mol.